The van der Waals surface area contributed by atoms with Gasteiger partial charge >= 0.3 is 6.18 Å². The summed E-state index contributed by atoms with van der Waals surface area (Å²) in [6, 6.07) is 10.0. The van der Waals surface area contributed by atoms with E-state index in [1.807, 2.05) is 30.3 Å². The van der Waals surface area contributed by atoms with Crippen LogP contribution in [-0.4, -0.2) is 32.5 Å². The van der Waals surface area contributed by atoms with Gasteiger partial charge in [0.1, 0.15) is 0 Å². The summed E-state index contributed by atoms with van der Waals surface area (Å²) in [5.74, 6) is 0. The first-order valence-electron chi connectivity index (χ1n) is 5.97. The maximum atomic E-state index is 11.8. The summed E-state index contributed by atoms with van der Waals surface area (Å²) >= 11 is 0. The number of hydrogen-bond donors (Lipinski definition) is 1. The number of hydrogen-bond acceptors (Lipinski definition) is 2. The minimum absolute atomic E-state index is 0.227. The molecule has 0 unspecified atom stereocenters. The number of ether oxygens (including phenoxy) is 1. The monoisotopic (exact) mass is 261 g/mol. The van der Waals surface area contributed by atoms with E-state index in [1.54, 1.807) is 0 Å². The molecule has 18 heavy (non-hydrogen) atoms. The minimum Gasteiger partial charge on any atom is -0.380 e. The van der Waals surface area contributed by atoms with Crippen LogP contribution in [0.3, 0.4) is 0 Å². The molecule has 1 N–H and O–H groups in total. The van der Waals surface area contributed by atoms with Crippen LogP contribution < -0.4 is 5.32 Å². The number of rotatable bonds is 8. The van der Waals surface area contributed by atoms with E-state index in [1.165, 1.54) is 5.56 Å². The molecule has 0 spiro atoms. The van der Waals surface area contributed by atoms with Crippen molar-refractivity contribution in [3.63, 3.8) is 0 Å². The van der Waals surface area contributed by atoms with Gasteiger partial charge in [0, 0.05) is 13.2 Å². The normalized spacial score (nSPS) is 11.7. The fourth-order valence-electron chi connectivity index (χ4n) is 1.50. The van der Waals surface area contributed by atoms with Gasteiger partial charge in [0.15, 0.2) is 0 Å². The van der Waals surface area contributed by atoms with Gasteiger partial charge in [-0.1, -0.05) is 30.3 Å². The van der Waals surface area contributed by atoms with E-state index in [9.17, 15) is 13.2 Å². The lowest BCUT2D eigenvalue weighted by Gasteiger charge is -2.08. The molecule has 0 aliphatic heterocycles. The first-order valence-corrected chi connectivity index (χ1v) is 5.97. The number of benzene rings is 1. The lowest BCUT2D eigenvalue weighted by Crippen LogP contribution is -2.31. The molecule has 0 aromatic heterocycles. The summed E-state index contributed by atoms with van der Waals surface area (Å²) in [5.41, 5.74) is 1.25. The largest absolute Gasteiger partial charge is 0.401 e. The van der Waals surface area contributed by atoms with Gasteiger partial charge < -0.3 is 10.1 Å². The zero-order valence-electron chi connectivity index (χ0n) is 10.2. The Morgan fingerprint density at radius 3 is 2.44 bits per heavy atom. The topological polar surface area (TPSA) is 21.3 Å². The Bertz CT molecular complexity index is 314. The van der Waals surface area contributed by atoms with Crippen LogP contribution in [0.4, 0.5) is 13.2 Å². The van der Waals surface area contributed by atoms with E-state index in [-0.39, 0.29) is 6.54 Å². The summed E-state index contributed by atoms with van der Waals surface area (Å²) in [6.45, 7) is 0.151. The summed E-state index contributed by atoms with van der Waals surface area (Å²) in [7, 11) is 0. The Labute approximate surface area is 105 Å². The minimum atomic E-state index is -4.15. The molecule has 0 atom stereocenters. The highest BCUT2D eigenvalue weighted by Gasteiger charge is 2.25. The van der Waals surface area contributed by atoms with Crippen LogP contribution in [-0.2, 0) is 11.2 Å². The van der Waals surface area contributed by atoms with Gasteiger partial charge in [-0.3, -0.25) is 0 Å². The molecule has 0 aliphatic carbocycles. The predicted molar refractivity (Wildman–Crippen MR) is 64.5 cm³/mol. The van der Waals surface area contributed by atoms with Crippen LogP contribution in [0, 0.1) is 0 Å². The second kappa shape index (κ2) is 8.11. The summed E-state index contributed by atoms with van der Waals surface area (Å²) < 4.78 is 40.6. The smallest absolute Gasteiger partial charge is 0.380 e. The standard InChI is InChI=1S/C13H18F3NO/c14-13(15,16)11-17-8-10-18-9-4-7-12-5-2-1-3-6-12/h1-3,5-6,17H,4,7-11H2. The average Bonchev–Trinajstić information content (AvgIpc) is 2.32. The van der Waals surface area contributed by atoms with E-state index in [4.69, 9.17) is 4.74 Å². The Balaban J connectivity index is 1.90. The first kappa shape index (κ1) is 15.0. The zero-order valence-corrected chi connectivity index (χ0v) is 10.2. The quantitative estimate of drug-likeness (QED) is 0.727. The number of halogens is 3. The Hall–Kier alpha value is -1.07. The molecule has 102 valence electrons. The van der Waals surface area contributed by atoms with Crippen molar-refractivity contribution in [2.45, 2.75) is 19.0 Å². The molecular formula is C13H18F3NO. The maximum absolute atomic E-state index is 11.8. The van der Waals surface area contributed by atoms with Crippen molar-refractivity contribution < 1.29 is 17.9 Å². The van der Waals surface area contributed by atoms with Crippen molar-refractivity contribution >= 4 is 0 Å². The van der Waals surface area contributed by atoms with E-state index in [0.717, 1.165) is 12.8 Å². The molecule has 0 amide bonds. The molecule has 0 saturated carbocycles. The van der Waals surface area contributed by atoms with Crippen LogP contribution >= 0.6 is 0 Å². The molecule has 0 aliphatic rings. The molecule has 0 saturated heterocycles. The third-order valence-electron chi connectivity index (χ3n) is 2.35. The second-order valence-electron chi connectivity index (χ2n) is 3.99. The van der Waals surface area contributed by atoms with Crippen molar-refractivity contribution in [2.24, 2.45) is 0 Å². The van der Waals surface area contributed by atoms with Crippen LogP contribution in [0.5, 0.6) is 0 Å². The Kier molecular flexibility index (Phi) is 6.75. The third kappa shape index (κ3) is 8.08. The van der Waals surface area contributed by atoms with Crippen LogP contribution in [0.25, 0.3) is 0 Å². The number of aryl methyl sites for hydroxylation is 1. The molecule has 1 rings (SSSR count). The molecule has 2 nitrogen and oxygen atoms in total. The molecule has 0 bridgehead atoms. The third-order valence-corrected chi connectivity index (χ3v) is 2.35. The van der Waals surface area contributed by atoms with E-state index < -0.39 is 12.7 Å². The van der Waals surface area contributed by atoms with Gasteiger partial charge in [0.2, 0.25) is 0 Å². The second-order valence-corrected chi connectivity index (χ2v) is 3.99. The van der Waals surface area contributed by atoms with Crippen LogP contribution in [0.1, 0.15) is 12.0 Å². The number of alkyl halides is 3. The van der Waals surface area contributed by atoms with E-state index in [0.29, 0.717) is 13.2 Å². The fourth-order valence-corrected chi connectivity index (χ4v) is 1.50. The first-order chi connectivity index (χ1) is 8.58. The Morgan fingerprint density at radius 1 is 1.06 bits per heavy atom. The van der Waals surface area contributed by atoms with Crippen LogP contribution in [0.2, 0.25) is 0 Å². The fraction of sp³-hybridized carbons (Fsp3) is 0.538. The predicted octanol–water partition coefficient (Wildman–Crippen LogP) is 2.79. The SMILES string of the molecule is FC(F)(F)CNCCOCCCc1ccccc1. The molecular weight excluding hydrogens is 243 g/mol. The number of nitrogens with one attached hydrogen (secondary N) is 1. The van der Waals surface area contributed by atoms with Gasteiger partial charge in [-0.25, -0.2) is 0 Å². The summed E-state index contributed by atoms with van der Waals surface area (Å²) in [4.78, 5) is 0. The highest BCUT2D eigenvalue weighted by Crippen LogP contribution is 2.11. The van der Waals surface area contributed by atoms with Gasteiger partial charge in [0.25, 0.3) is 0 Å². The maximum Gasteiger partial charge on any atom is 0.401 e. The van der Waals surface area contributed by atoms with Crippen molar-refractivity contribution in [3.05, 3.63) is 35.9 Å². The highest BCUT2D eigenvalue weighted by atomic mass is 19.4. The zero-order chi connectivity index (χ0) is 13.3. The molecule has 0 radical (unpaired) electrons. The van der Waals surface area contributed by atoms with Crippen LogP contribution in [0.15, 0.2) is 30.3 Å². The molecule has 1 aromatic carbocycles. The Morgan fingerprint density at radius 2 is 1.78 bits per heavy atom. The molecule has 5 heteroatoms. The van der Waals surface area contributed by atoms with Gasteiger partial charge in [-0.2, -0.15) is 13.2 Å². The van der Waals surface area contributed by atoms with Gasteiger partial charge in [0.05, 0.1) is 13.2 Å². The average molecular weight is 261 g/mol. The summed E-state index contributed by atoms with van der Waals surface area (Å²) in [6.07, 6.45) is -2.34. The lowest BCUT2D eigenvalue weighted by molar-refractivity contribution is -0.125. The molecule has 0 heterocycles. The van der Waals surface area contributed by atoms with E-state index >= 15 is 0 Å². The van der Waals surface area contributed by atoms with E-state index in [2.05, 4.69) is 5.32 Å². The molecule has 0 fully saturated rings. The lowest BCUT2D eigenvalue weighted by atomic mass is 10.1. The highest BCUT2D eigenvalue weighted by molar-refractivity contribution is 5.14. The molecule has 1 aromatic rings. The summed E-state index contributed by atoms with van der Waals surface area (Å²) in [5, 5.41) is 2.28. The van der Waals surface area contributed by atoms with Gasteiger partial charge in [-0.05, 0) is 18.4 Å². The van der Waals surface area contributed by atoms with Crippen molar-refractivity contribution in [1.29, 1.82) is 0 Å². The van der Waals surface area contributed by atoms with Gasteiger partial charge in [-0.15, -0.1) is 0 Å². The van der Waals surface area contributed by atoms with Crippen molar-refractivity contribution in [3.8, 4) is 0 Å². The van der Waals surface area contributed by atoms with Crippen molar-refractivity contribution in [2.75, 3.05) is 26.3 Å². The van der Waals surface area contributed by atoms with Crippen molar-refractivity contribution in [1.82, 2.24) is 5.32 Å².